The van der Waals surface area contributed by atoms with Gasteiger partial charge in [0.15, 0.2) is 6.10 Å². The van der Waals surface area contributed by atoms with Crippen LogP contribution in [0.5, 0.6) is 0 Å². The van der Waals surface area contributed by atoms with Gasteiger partial charge in [0, 0.05) is 12.8 Å². The summed E-state index contributed by atoms with van der Waals surface area (Å²) in [6, 6.07) is 0. The van der Waals surface area contributed by atoms with Gasteiger partial charge in [0.2, 0.25) is 0 Å². The third-order valence-corrected chi connectivity index (χ3v) is 9.83. The Kier molecular flexibility index (Phi) is 35.7. The van der Waals surface area contributed by atoms with Crippen LogP contribution in [0.3, 0.4) is 0 Å². The van der Waals surface area contributed by atoms with E-state index in [1.807, 2.05) is 12.2 Å². The summed E-state index contributed by atoms with van der Waals surface area (Å²) in [6.45, 7) is 4.22. The van der Waals surface area contributed by atoms with Crippen LogP contribution in [0.2, 0.25) is 0 Å². The number of phosphoric ester groups is 1. The molecule has 12 nitrogen and oxygen atoms in total. The molecule has 1 unspecified atom stereocenters. The van der Waals surface area contributed by atoms with Crippen molar-refractivity contribution in [2.75, 3.05) is 26.4 Å². The van der Waals surface area contributed by atoms with Crippen molar-refractivity contribution in [3.8, 4) is 0 Å². The van der Waals surface area contributed by atoms with E-state index in [1.54, 1.807) is 6.08 Å². The summed E-state index contributed by atoms with van der Waals surface area (Å²) in [7, 11) is -4.70. The Labute approximate surface area is 338 Å². The minimum Gasteiger partial charge on any atom is -0.462 e. The Bertz CT molecular complexity index is 1120. The lowest BCUT2D eigenvalue weighted by Crippen LogP contribution is -2.30. The van der Waals surface area contributed by atoms with Gasteiger partial charge in [0.05, 0.1) is 32.0 Å². The molecule has 5 atom stereocenters. The molecule has 13 heteroatoms. The summed E-state index contributed by atoms with van der Waals surface area (Å²) in [6.07, 6.45) is 29.7. The fraction of sp³-hybridized carbons (Fsp3) is 0.767. The molecule has 0 amide bonds. The first-order valence-corrected chi connectivity index (χ1v) is 22.6. The standard InChI is InChI=1S/C43H77O12P/c1-4-5-6-7-8-9-10-13-16-19-22-25-29-40(46)41(47)30-27-32-43(49)55-39(36-54-56(50,51)53-34-38(45)33-44)35-52-42(48)31-26-23-20-17-14-11-12-15-18-21-24-28-37(2)3/h5-6,8-9,13,16,22,25,37-41,44-47H,4,7,10-12,14-15,17-21,23-24,26-36H2,1-3H3,(H,50,51)/b6-5-,9-8-,16-13-,25-22-/t38-,39+,40+,41+/m0/s1. The third-order valence-electron chi connectivity index (χ3n) is 8.88. The van der Waals surface area contributed by atoms with Crippen LogP contribution in [0.25, 0.3) is 0 Å². The van der Waals surface area contributed by atoms with E-state index in [0.29, 0.717) is 12.8 Å². The first-order valence-electron chi connectivity index (χ1n) is 21.1. The maximum Gasteiger partial charge on any atom is 0.472 e. The van der Waals surface area contributed by atoms with Gasteiger partial charge < -0.3 is 34.8 Å². The molecule has 0 bridgehead atoms. The number of carbonyl (C=O) groups is 2. The van der Waals surface area contributed by atoms with Gasteiger partial charge in [-0.15, -0.1) is 0 Å². The molecule has 0 saturated carbocycles. The van der Waals surface area contributed by atoms with E-state index in [0.717, 1.165) is 44.4 Å². The predicted octanol–water partition coefficient (Wildman–Crippen LogP) is 8.74. The van der Waals surface area contributed by atoms with Crippen molar-refractivity contribution in [1.29, 1.82) is 0 Å². The predicted molar refractivity (Wildman–Crippen MR) is 222 cm³/mol. The summed E-state index contributed by atoms with van der Waals surface area (Å²) < 4.78 is 32.5. The van der Waals surface area contributed by atoms with Crippen LogP contribution in [0.15, 0.2) is 48.6 Å². The fourth-order valence-corrected chi connectivity index (χ4v) is 6.29. The lowest BCUT2D eigenvalue weighted by Gasteiger charge is -2.20. The Morgan fingerprint density at radius 2 is 1.11 bits per heavy atom. The number of ether oxygens (including phenoxy) is 2. The zero-order valence-electron chi connectivity index (χ0n) is 34.7. The second-order valence-corrected chi connectivity index (χ2v) is 16.2. The summed E-state index contributed by atoms with van der Waals surface area (Å²) in [4.78, 5) is 35.0. The zero-order chi connectivity index (χ0) is 41.7. The molecule has 0 heterocycles. The quantitative estimate of drug-likeness (QED) is 0.0173. The van der Waals surface area contributed by atoms with Crippen molar-refractivity contribution in [3.63, 3.8) is 0 Å². The molecule has 0 aromatic heterocycles. The van der Waals surface area contributed by atoms with Crippen LogP contribution >= 0.6 is 7.82 Å². The molecule has 326 valence electrons. The minimum absolute atomic E-state index is 0.130. The molecule has 56 heavy (non-hydrogen) atoms. The summed E-state index contributed by atoms with van der Waals surface area (Å²) in [5.41, 5.74) is 0. The van der Waals surface area contributed by atoms with Crippen molar-refractivity contribution in [2.24, 2.45) is 5.92 Å². The second kappa shape index (κ2) is 37.1. The smallest absolute Gasteiger partial charge is 0.462 e. The summed E-state index contributed by atoms with van der Waals surface area (Å²) in [5.74, 6) is -0.430. The second-order valence-electron chi connectivity index (χ2n) is 14.8. The molecule has 0 aliphatic heterocycles. The lowest BCUT2D eigenvalue weighted by atomic mass is 10.0. The third kappa shape index (κ3) is 36.2. The fourth-order valence-electron chi connectivity index (χ4n) is 5.50. The van der Waals surface area contributed by atoms with E-state index in [-0.39, 0.29) is 32.1 Å². The topological polar surface area (TPSA) is 189 Å². The van der Waals surface area contributed by atoms with Crippen molar-refractivity contribution in [1.82, 2.24) is 0 Å². The number of hydrogen-bond donors (Lipinski definition) is 5. The molecule has 0 spiro atoms. The SMILES string of the molecule is CC/C=C\C/C=C\C/C=C\C/C=C\C[C@@H](O)[C@H](O)CCCC(=O)O[C@H](COC(=O)CCCCCCCCCCCCCC(C)C)COP(=O)(O)OC[C@@H](O)CO. The van der Waals surface area contributed by atoms with E-state index in [2.05, 4.69) is 55.7 Å². The van der Waals surface area contributed by atoms with Crippen molar-refractivity contribution < 1.29 is 58.0 Å². The Morgan fingerprint density at radius 1 is 0.607 bits per heavy atom. The number of esters is 2. The van der Waals surface area contributed by atoms with Gasteiger partial charge in [-0.1, -0.05) is 140 Å². The van der Waals surface area contributed by atoms with Crippen LogP contribution in [-0.4, -0.2) is 88.1 Å². The van der Waals surface area contributed by atoms with Crippen LogP contribution in [0, 0.1) is 5.92 Å². The molecular formula is C43H77O12P. The van der Waals surface area contributed by atoms with Gasteiger partial charge >= 0.3 is 19.8 Å². The number of unbranched alkanes of at least 4 members (excludes halogenated alkanes) is 10. The number of phosphoric acid groups is 1. The Hall–Kier alpha value is -2.15. The highest BCUT2D eigenvalue weighted by Crippen LogP contribution is 2.43. The van der Waals surface area contributed by atoms with Gasteiger partial charge in [0.1, 0.15) is 12.7 Å². The maximum absolute atomic E-state index is 12.6. The van der Waals surface area contributed by atoms with Gasteiger partial charge in [-0.05, 0) is 57.3 Å². The van der Waals surface area contributed by atoms with Gasteiger partial charge in [-0.3, -0.25) is 18.6 Å². The number of hydrogen-bond acceptors (Lipinski definition) is 11. The van der Waals surface area contributed by atoms with Crippen LogP contribution in [0.4, 0.5) is 0 Å². The molecule has 0 aliphatic rings. The molecule has 0 fully saturated rings. The van der Waals surface area contributed by atoms with E-state index in [9.17, 15) is 34.4 Å². The van der Waals surface area contributed by atoms with Crippen molar-refractivity contribution >= 4 is 19.8 Å². The van der Waals surface area contributed by atoms with E-state index < -0.39 is 70.6 Å². The van der Waals surface area contributed by atoms with Crippen molar-refractivity contribution in [3.05, 3.63) is 48.6 Å². The molecule has 0 aliphatic carbocycles. The number of aliphatic hydroxyl groups is 4. The summed E-state index contributed by atoms with van der Waals surface area (Å²) in [5, 5.41) is 39.0. The molecule has 0 rings (SSSR count). The van der Waals surface area contributed by atoms with Crippen molar-refractivity contribution in [2.45, 2.75) is 180 Å². The lowest BCUT2D eigenvalue weighted by molar-refractivity contribution is -0.161. The normalized spacial score (nSPS) is 15.6. The molecule has 0 radical (unpaired) electrons. The summed E-state index contributed by atoms with van der Waals surface area (Å²) >= 11 is 0. The molecule has 0 aromatic rings. The minimum atomic E-state index is -4.70. The molecular weight excluding hydrogens is 739 g/mol. The number of rotatable bonds is 38. The largest absolute Gasteiger partial charge is 0.472 e. The molecule has 5 N–H and O–H groups in total. The highest BCUT2D eigenvalue weighted by Gasteiger charge is 2.27. The van der Waals surface area contributed by atoms with Gasteiger partial charge in [-0.2, -0.15) is 0 Å². The average Bonchev–Trinajstić information content (AvgIpc) is 3.16. The number of carbonyl (C=O) groups excluding carboxylic acids is 2. The van der Waals surface area contributed by atoms with Gasteiger partial charge in [-0.25, -0.2) is 4.57 Å². The van der Waals surface area contributed by atoms with Gasteiger partial charge in [0.25, 0.3) is 0 Å². The van der Waals surface area contributed by atoms with E-state index >= 15 is 0 Å². The first kappa shape index (κ1) is 53.9. The highest BCUT2D eigenvalue weighted by atomic mass is 31.2. The van der Waals surface area contributed by atoms with Crippen LogP contribution in [-0.2, 0) is 32.7 Å². The first-order chi connectivity index (χ1) is 26.9. The highest BCUT2D eigenvalue weighted by molar-refractivity contribution is 7.47. The van der Waals surface area contributed by atoms with Crippen LogP contribution in [0.1, 0.15) is 156 Å². The monoisotopic (exact) mass is 817 g/mol. The van der Waals surface area contributed by atoms with E-state index in [1.165, 1.54) is 51.4 Å². The Morgan fingerprint density at radius 3 is 1.66 bits per heavy atom. The average molecular weight is 817 g/mol. The Balaban J connectivity index is 4.58. The van der Waals surface area contributed by atoms with Crippen LogP contribution < -0.4 is 0 Å². The zero-order valence-corrected chi connectivity index (χ0v) is 35.6. The maximum atomic E-state index is 12.6. The molecule has 0 saturated heterocycles. The molecule has 0 aromatic carbocycles. The number of aliphatic hydroxyl groups excluding tert-OH is 4. The van der Waals surface area contributed by atoms with E-state index in [4.69, 9.17) is 19.1 Å². The number of allylic oxidation sites excluding steroid dienone is 7.